The van der Waals surface area contributed by atoms with Crippen molar-refractivity contribution in [1.29, 1.82) is 0 Å². The lowest BCUT2D eigenvalue weighted by Crippen LogP contribution is -2.15. The first kappa shape index (κ1) is 14.4. The number of rotatable bonds is 6. The van der Waals surface area contributed by atoms with Crippen LogP contribution in [-0.2, 0) is 6.54 Å². The predicted molar refractivity (Wildman–Crippen MR) is 79.0 cm³/mol. The molecule has 0 amide bonds. The maximum atomic E-state index is 11.8. The van der Waals surface area contributed by atoms with E-state index < -0.39 is 4.92 Å². The Morgan fingerprint density at radius 1 is 1.35 bits per heavy atom. The quantitative estimate of drug-likeness (QED) is 0.502. The summed E-state index contributed by atoms with van der Waals surface area (Å²) in [5, 5.41) is 12.6. The topological polar surface area (TPSA) is 91.2 Å². The molecule has 0 saturated heterocycles. The van der Waals surface area contributed by atoms with Gasteiger partial charge >= 0.3 is 4.87 Å². The van der Waals surface area contributed by atoms with Crippen molar-refractivity contribution in [2.75, 3.05) is 6.54 Å². The molecule has 2 aromatic rings. The molecule has 0 saturated carbocycles. The van der Waals surface area contributed by atoms with Gasteiger partial charge < -0.3 is 5.73 Å². The molecule has 0 aliphatic heterocycles. The van der Waals surface area contributed by atoms with Crippen LogP contribution in [0.15, 0.2) is 34.4 Å². The molecule has 0 fully saturated rings. The van der Waals surface area contributed by atoms with Gasteiger partial charge in [0.15, 0.2) is 0 Å². The average molecular weight is 293 g/mol. The maximum Gasteiger partial charge on any atom is 0.307 e. The minimum atomic E-state index is -0.438. The van der Waals surface area contributed by atoms with Gasteiger partial charge in [0.1, 0.15) is 0 Å². The highest BCUT2D eigenvalue weighted by Gasteiger charge is 2.12. The van der Waals surface area contributed by atoms with Crippen LogP contribution < -0.4 is 10.6 Å². The molecule has 106 valence electrons. The standard InChI is InChI=1S/C13H15N3O3S/c14-6-1-2-7-15-12(9-20-13(15)17)10-4-3-5-11(8-10)16(18)19/h3-5,8-9H,1-2,6-7,14H2. The van der Waals surface area contributed by atoms with E-state index in [1.54, 1.807) is 22.1 Å². The molecule has 2 rings (SSSR count). The van der Waals surface area contributed by atoms with E-state index in [1.165, 1.54) is 12.1 Å². The first-order valence-corrected chi connectivity index (χ1v) is 7.14. The van der Waals surface area contributed by atoms with Crippen LogP contribution in [0, 0.1) is 10.1 Å². The van der Waals surface area contributed by atoms with Crippen LogP contribution in [0.2, 0.25) is 0 Å². The molecule has 6 nitrogen and oxygen atoms in total. The van der Waals surface area contributed by atoms with Crippen molar-refractivity contribution >= 4 is 17.0 Å². The van der Waals surface area contributed by atoms with Gasteiger partial charge in [-0.15, -0.1) is 0 Å². The summed E-state index contributed by atoms with van der Waals surface area (Å²) in [7, 11) is 0. The van der Waals surface area contributed by atoms with Crippen LogP contribution in [-0.4, -0.2) is 16.0 Å². The highest BCUT2D eigenvalue weighted by Crippen LogP contribution is 2.24. The molecule has 2 N–H and O–H groups in total. The smallest absolute Gasteiger partial charge is 0.307 e. The van der Waals surface area contributed by atoms with Crippen molar-refractivity contribution in [2.45, 2.75) is 19.4 Å². The van der Waals surface area contributed by atoms with Crippen LogP contribution in [0.25, 0.3) is 11.3 Å². The second-order valence-electron chi connectivity index (χ2n) is 4.34. The second-order valence-corrected chi connectivity index (χ2v) is 5.16. The first-order valence-electron chi connectivity index (χ1n) is 6.26. The minimum absolute atomic E-state index is 0.0228. The largest absolute Gasteiger partial charge is 0.330 e. The fourth-order valence-corrected chi connectivity index (χ4v) is 2.75. The van der Waals surface area contributed by atoms with Crippen LogP contribution in [0.5, 0.6) is 0 Å². The summed E-state index contributed by atoms with van der Waals surface area (Å²) in [6, 6.07) is 6.32. The zero-order valence-electron chi connectivity index (χ0n) is 10.8. The Labute approximate surface area is 119 Å². The summed E-state index contributed by atoms with van der Waals surface area (Å²) in [6.45, 7) is 1.17. The van der Waals surface area contributed by atoms with Crippen LogP contribution in [0.3, 0.4) is 0 Å². The van der Waals surface area contributed by atoms with E-state index in [1.807, 2.05) is 0 Å². The summed E-state index contributed by atoms with van der Waals surface area (Å²) in [4.78, 5) is 22.2. The number of hydrogen-bond donors (Lipinski definition) is 1. The molecular formula is C13H15N3O3S. The van der Waals surface area contributed by atoms with Gasteiger partial charge in [0, 0.05) is 29.6 Å². The van der Waals surface area contributed by atoms with Crippen molar-refractivity contribution < 1.29 is 4.92 Å². The van der Waals surface area contributed by atoms with Gasteiger partial charge in [0.25, 0.3) is 5.69 Å². The fraction of sp³-hybridized carbons (Fsp3) is 0.308. The maximum absolute atomic E-state index is 11.8. The summed E-state index contributed by atoms with van der Waals surface area (Å²) >= 11 is 1.10. The van der Waals surface area contributed by atoms with E-state index in [-0.39, 0.29) is 10.6 Å². The average Bonchev–Trinajstić information content (AvgIpc) is 2.81. The van der Waals surface area contributed by atoms with Gasteiger partial charge in [-0.2, -0.15) is 0 Å². The van der Waals surface area contributed by atoms with E-state index >= 15 is 0 Å². The number of non-ortho nitro benzene ring substituents is 1. The summed E-state index contributed by atoms with van der Waals surface area (Å²) in [5.74, 6) is 0. The Morgan fingerprint density at radius 3 is 2.85 bits per heavy atom. The van der Waals surface area contributed by atoms with Gasteiger partial charge in [-0.3, -0.25) is 19.5 Å². The Bertz CT molecular complexity index is 663. The zero-order chi connectivity index (χ0) is 14.5. The number of nitrogens with two attached hydrogens (primary N) is 1. The summed E-state index contributed by atoms with van der Waals surface area (Å²) < 4.78 is 1.65. The Balaban J connectivity index is 2.35. The third-order valence-electron chi connectivity index (χ3n) is 2.97. The molecule has 0 unspecified atom stereocenters. The SMILES string of the molecule is NCCCCn1c(-c2cccc([N+](=O)[O-])c2)csc1=O. The van der Waals surface area contributed by atoms with Gasteiger partial charge in [-0.1, -0.05) is 23.5 Å². The number of unbranched alkanes of at least 4 members (excludes halogenated alkanes) is 1. The molecule has 0 aliphatic rings. The molecule has 1 aromatic heterocycles. The van der Waals surface area contributed by atoms with E-state index in [4.69, 9.17) is 5.73 Å². The molecule has 20 heavy (non-hydrogen) atoms. The van der Waals surface area contributed by atoms with E-state index in [0.717, 1.165) is 29.9 Å². The number of nitro groups is 1. The first-order chi connectivity index (χ1) is 9.63. The monoisotopic (exact) mass is 293 g/mol. The highest BCUT2D eigenvalue weighted by molar-refractivity contribution is 7.07. The van der Waals surface area contributed by atoms with Gasteiger partial charge in [-0.25, -0.2) is 0 Å². The number of hydrogen-bond acceptors (Lipinski definition) is 5. The van der Waals surface area contributed by atoms with E-state index in [0.29, 0.717) is 18.7 Å². The van der Waals surface area contributed by atoms with Crippen LogP contribution >= 0.6 is 11.3 Å². The third-order valence-corrected chi connectivity index (χ3v) is 3.73. The highest BCUT2D eigenvalue weighted by atomic mass is 32.1. The number of nitro benzene ring substituents is 1. The molecule has 0 aliphatic carbocycles. The third kappa shape index (κ3) is 3.12. The second kappa shape index (κ2) is 6.44. The molecule has 0 spiro atoms. The zero-order valence-corrected chi connectivity index (χ0v) is 11.6. The number of aromatic nitrogens is 1. The summed E-state index contributed by atoms with van der Waals surface area (Å²) in [5.41, 5.74) is 6.88. The predicted octanol–water partition coefficient (Wildman–Crippen LogP) is 2.22. The Morgan fingerprint density at radius 2 is 2.15 bits per heavy atom. The molecule has 0 atom stereocenters. The molecule has 1 aromatic carbocycles. The summed E-state index contributed by atoms with van der Waals surface area (Å²) in [6.07, 6.45) is 1.66. The number of nitrogens with zero attached hydrogens (tertiary/aromatic N) is 2. The lowest BCUT2D eigenvalue weighted by atomic mass is 10.1. The van der Waals surface area contributed by atoms with Gasteiger partial charge in [0.2, 0.25) is 0 Å². The number of benzene rings is 1. The normalized spacial score (nSPS) is 10.7. The molecule has 7 heteroatoms. The molecular weight excluding hydrogens is 278 g/mol. The molecule has 1 heterocycles. The lowest BCUT2D eigenvalue weighted by molar-refractivity contribution is -0.384. The Kier molecular flexibility index (Phi) is 4.65. The molecule has 0 bridgehead atoms. The van der Waals surface area contributed by atoms with Crippen molar-refractivity contribution in [3.05, 3.63) is 49.4 Å². The van der Waals surface area contributed by atoms with Crippen LogP contribution in [0.4, 0.5) is 5.69 Å². The van der Waals surface area contributed by atoms with Gasteiger partial charge in [-0.05, 0) is 19.4 Å². The van der Waals surface area contributed by atoms with E-state index in [9.17, 15) is 14.9 Å². The van der Waals surface area contributed by atoms with Gasteiger partial charge in [0.05, 0.1) is 10.6 Å². The van der Waals surface area contributed by atoms with Crippen LogP contribution in [0.1, 0.15) is 12.8 Å². The Hall–Kier alpha value is -1.99. The van der Waals surface area contributed by atoms with E-state index in [2.05, 4.69) is 0 Å². The van der Waals surface area contributed by atoms with Crippen molar-refractivity contribution in [3.63, 3.8) is 0 Å². The minimum Gasteiger partial charge on any atom is -0.330 e. The van der Waals surface area contributed by atoms with Crippen molar-refractivity contribution in [2.24, 2.45) is 5.73 Å². The fourth-order valence-electron chi connectivity index (χ4n) is 1.96. The van der Waals surface area contributed by atoms with Crippen molar-refractivity contribution in [3.8, 4) is 11.3 Å². The lowest BCUT2D eigenvalue weighted by Gasteiger charge is -2.07. The van der Waals surface area contributed by atoms with Crippen molar-refractivity contribution in [1.82, 2.24) is 4.57 Å². The molecule has 0 radical (unpaired) electrons. The number of thiazole rings is 1.